The molecule has 0 aliphatic carbocycles. The topological polar surface area (TPSA) is 99.5 Å². The maximum absolute atomic E-state index is 12.7. The molecule has 1 N–H and O–H groups in total. The number of nitrogens with zero attached hydrogens (tertiary/aromatic N) is 2. The molecule has 1 fully saturated rings. The molecule has 1 amide bonds. The Morgan fingerprint density at radius 2 is 2.04 bits per heavy atom. The van der Waals surface area contributed by atoms with Gasteiger partial charge in [0.1, 0.15) is 5.82 Å². The molecule has 0 spiro atoms. The lowest BCUT2D eigenvalue weighted by atomic mass is 10.2. The number of carbonyl (C=O) groups excluding carboxylic acids is 1. The molecule has 2 heterocycles. The summed E-state index contributed by atoms with van der Waals surface area (Å²) in [6.07, 6.45) is 0.467. The zero-order valence-electron chi connectivity index (χ0n) is 15.2. The fourth-order valence-electron chi connectivity index (χ4n) is 3.09. The van der Waals surface area contributed by atoms with Crippen LogP contribution in [0.2, 0.25) is 5.02 Å². The van der Waals surface area contributed by atoms with Crippen molar-refractivity contribution >= 4 is 33.2 Å². The Hall–Kier alpha value is -2.26. The highest BCUT2D eigenvalue weighted by Gasteiger charge is 2.31. The van der Waals surface area contributed by atoms with Gasteiger partial charge in [-0.1, -0.05) is 11.6 Å². The number of nitrogens with one attached hydrogen (secondary N) is 1. The molecule has 0 bridgehead atoms. The van der Waals surface area contributed by atoms with Crippen LogP contribution in [0.5, 0.6) is 11.5 Å². The first-order valence-electron chi connectivity index (χ1n) is 8.23. The molecule has 146 valence electrons. The molecular formula is C17H20ClN3O5S. The number of rotatable bonds is 5. The zero-order chi connectivity index (χ0) is 19.8. The van der Waals surface area contributed by atoms with Crippen molar-refractivity contribution in [3.05, 3.63) is 34.5 Å². The number of anilines is 1. The molecule has 1 saturated heterocycles. The summed E-state index contributed by atoms with van der Waals surface area (Å²) < 4.78 is 35.5. The van der Waals surface area contributed by atoms with E-state index < -0.39 is 15.7 Å². The van der Waals surface area contributed by atoms with Crippen molar-refractivity contribution in [2.75, 3.05) is 31.0 Å². The van der Waals surface area contributed by atoms with Gasteiger partial charge in [0.15, 0.2) is 21.3 Å². The summed E-state index contributed by atoms with van der Waals surface area (Å²) in [4.78, 5) is 12.7. The molecular weight excluding hydrogens is 394 g/mol. The lowest BCUT2D eigenvalue weighted by molar-refractivity contribution is 0.102. The zero-order valence-corrected chi connectivity index (χ0v) is 16.7. The predicted molar refractivity (Wildman–Crippen MR) is 102 cm³/mol. The van der Waals surface area contributed by atoms with E-state index in [4.69, 9.17) is 21.1 Å². The summed E-state index contributed by atoms with van der Waals surface area (Å²) in [7, 11) is -0.163. The van der Waals surface area contributed by atoms with Crippen molar-refractivity contribution in [2.24, 2.45) is 0 Å². The predicted octanol–water partition coefficient (Wildman–Crippen LogP) is 2.47. The highest BCUT2D eigenvalue weighted by Crippen LogP contribution is 2.36. The van der Waals surface area contributed by atoms with Gasteiger partial charge in [-0.25, -0.2) is 13.1 Å². The fraction of sp³-hybridized carbons (Fsp3) is 0.412. The number of benzene rings is 1. The van der Waals surface area contributed by atoms with Crippen molar-refractivity contribution in [3.8, 4) is 11.5 Å². The highest BCUT2D eigenvalue weighted by atomic mass is 35.5. The number of aryl methyl sites for hydroxylation is 1. The second-order valence-corrected chi connectivity index (χ2v) is 8.96. The number of ether oxygens (including phenoxy) is 2. The van der Waals surface area contributed by atoms with Crippen LogP contribution in [0.4, 0.5) is 5.82 Å². The average molecular weight is 414 g/mol. The fourth-order valence-corrected chi connectivity index (χ4v) is 5.07. The van der Waals surface area contributed by atoms with Crippen LogP contribution in [0.25, 0.3) is 0 Å². The third kappa shape index (κ3) is 4.03. The van der Waals surface area contributed by atoms with Gasteiger partial charge in [-0.3, -0.25) is 4.79 Å². The lowest BCUT2D eigenvalue weighted by Crippen LogP contribution is -2.19. The van der Waals surface area contributed by atoms with Crippen LogP contribution >= 0.6 is 11.6 Å². The monoisotopic (exact) mass is 413 g/mol. The van der Waals surface area contributed by atoms with Crippen molar-refractivity contribution in [3.63, 3.8) is 0 Å². The largest absolute Gasteiger partial charge is 0.493 e. The molecule has 1 aliphatic heterocycles. The number of sulfone groups is 1. The maximum Gasteiger partial charge on any atom is 0.257 e. The molecule has 1 atom stereocenters. The Kier molecular flexibility index (Phi) is 5.34. The molecule has 10 heteroatoms. The first-order chi connectivity index (χ1) is 12.7. The van der Waals surface area contributed by atoms with Crippen LogP contribution in [0, 0.1) is 6.92 Å². The molecule has 3 rings (SSSR count). The molecule has 0 radical (unpaired) electrons. The molecule has 1 unspecified atom stereocenters. The van der Waals surface area contributed by atoms with Gasteiger partial charge in [0.25, 0.3) is 5.91 Å². The summed E-state index contributed by atoms with van der Waals surface area (Å²) in [5, 5.41) is 7.37. The third-order valence-electron chi connectivity index (χ3n) is 4.35. The SMILES string of the molecule is COc1cc(C(=O)Nc2cc(C)nn2C2CCS(=O)(=O)C2)cc(Cl)c1OC. The van der Waals surface area contributed by atoms with E-state index >= 15 is 0 Å². The second kappa shape index (κ2) is 7.40. The minimum absolute atomic E-state index is 0.0131. The molecule has 1 aliphatic rings. The molecule has 27 heavy (non-hydrogen) atoms. The summed E-state index contributed by atoms with van der Waals surface area (Å²) in [6, 6.07) is 4.40. The summed E-state index contributed by atoms with van der Waals surface area (Å²) >= 11 is 6.16. The van der Waals surface area contributed by atoms with Crippen molar-refractivity contribution in [1.82, 2.24) is 9.78 Å². The van der Waals surface area contributed by atoms with Gasteiger partial charge in [-0.05, 0) is 25.5 Å². The number of hydrogen-bond donors (Lipinski definition) is 1. The number of amides is 1. The van der Waals surface area contributed by atoms with Crippen LogP contribution in [-0.2, 0) is 9.84 Å². The number of halogens is 1. The normalized spacial score (nSPS) is 18.3. The summed E-state index contributed by atoms with van der Waals surface area (Å²) in [6.45, 7) is 1.78. The van der Waals surface area contributed by atoms with Crippen LogP contribution < -0.4 is 14.8 Å². The number of methoxy groups -OCH3 is 2. The Morgan fingerprint density at radius 3 is 2.63 bits per heavy atom. The van der Waals surface area contributed by atoms with Crippen LogP contribution in [-0.4, -0.2) is 49.8 Å². The second-order valence-electron chi connectivity index (χ2n) is 6.32. The molecule has 0 saturated carbocycles. The number of hydrogen-bond acceptors (Lipinski definition) is 6. The van der Waals surface area contributed by atoms with Gasteiger partial charge >= 0.3 is 0 Å². The standard InChI is InChI=1S/C17H20ClN3O5S/c1-10-6-15(21(20-10)12-4-5-27(23,24)9-12)19-17(22)11-7-13(18)16(26-3)14(8-11)25-2/h6-8,12H,4-5,9H2,1-3H3,(H,19,22). The van der Waals surface area contributed by atoms with E-state index in [0.717, 1.165) is 0 Å². The van der Waals surface area contributed by atoms with Gasteiger partial charge < -0.3 is 14.8 Å². The number of carbonyl (C=O) groups is 1. The summed E-state index contributed by atoms with van der Waals surface area (Å²) in [5.41, 5.74) is 0.960. The van der Waals surface area contributed by atoms with Gasteiger partial charge in [0.05, 0.1) is 42.5 Å². The first-order valence-corrected chi connectivity index (χ1v) is 10.4. The molecule has 2 aromatic rings. The lowest BCUT2D eigenvalue weighted by Gasteiger charge is -2.15. The van der Waals surface area contributed by atoms with Crippen molar-refractivity contribution in [1.29, 1.82) is 0 Å². The Balaban J connectivity index is 1.88. The van der Waals surface area contributed by atoms with E-state index in [9.17, 15) is 13.2 Å². The number of aromatic nitrogens is 2. The van der Waals surface area contributed by atoms with E-state index in [0.29, 0.717) is 29.4 Å². The van der Waals surface area contributed by atoms with E-state index in [1.807, 2.05) is 0 Å². The van der Waals surface area contributed by atoms with Gasteiger partial charge in [0.2, 0.25) is 0 Å². The van der Waals surface area contributed by atoms with Crippen molar-refractivity contribution < 1.29 is 22.7 Å². The Labute approximate surface area is 162 Å². The minimum Gasteiger partial charge on any atom is -0.493 e. The van der Waals surface area contributed by atoms with Crippen LogP contribution in [0.3, 0.4) is 0 Å². The third-order valence-corrected chi connectivity index (χ3v) is 6.38. The van der Waals surface area contributed by atoms with E-state index in [1.165, 1.54) is 26.4 Å². The van der Waals surface area contributed by atoms with E-state index in [2.05, 4.69) is 10.4 Å². The molecule has 8 nitrogen and oxygen atoms in total. The Bertz CT molecular complexity index is 987. The van der Waals surface area contributed by atoms with Crippen LogP contribution in [0.1, 0.15) is 28.5 Å². The maximum atomic E-state index is 12.7. The quantitative estimate of drug-likeness (QED) is 0.808. The van der Waals surface area contributed by atoms with Gasteiger partial charge in [0, 0.05) is 11.6 Å². The summed E-state index contributed by atoms with van der Waals surface area (Å²) in [5.74, 6) is 0.828. The van der Waals surface area contributed by atoms with E-state index in [-0.39, 0.29) is 28.1 Å². The van der Waals surface area contributed by atoms with Crippen molar-refractivity contribution in [2.45, 2.75) is 19.4 Å². The average Bonchev–Trinajstić information content (AvgIpc) is 3.15. The first kappa shape index (κ1) is 19.5. The Morgan fingerprint density at radius 1 is 1.30 bits per heavy atom. The molecule has 1 aromatic carbocycles. The van der Waals surface area contributed by atoms with Gasteiger partial charge in [-0.15, -0.1) is 0 Å². The highest BCUT2D eigenvalue weighted by molar-refractivity contribution is 7.91. The van der Waals surface area contributed by atoms with Crippen LogP contribution in [0.15, 0.2) is 18.2 Å². The smallest absolute Gasteiger partial charge is 0.257 e. The minimum atomic E-state index is -3.08. The molecule has 1 aromatic heterocycles. The van der Waals surface area contributed by atoms with E-state index in [1.54, 1.807) is 17.7 Å². The van der Waals surface area contributed by atoms with Gasteiger partial charge in [-0.2, -0.15) is 5.10 Å².